The molecular weight excluding hydrogens is 146 g/mol. The highest BCUT2D eigenvalue weighted by Gasteiger charge is 2.31. The molecule has 3 N–H and O–H groups in total. The van der Waals surface area contributed by atoms with Gasteiger partial charge in [-0.25, -0.2) is 0 Å². The molecule has 4 nitrogen and oxygen atoms in total. The Labute approximate surface area is 64.0 Å². The van der Waals surface area contributed by atoms with E-state index in [9.17, 15) is 0 Å². The molecule has 0 unspecified atom stereocenters. The van der Waals surface area contributed by atoms with Gasteiger partial charge in [0.05, 0.1) is 18.8 Å². The van der Waals surface area contributed by atoms with Gasteiger partial charge in [-0.15, -0.1) is 0 Å². The normalized spacial score (nSPS) is 30.7. The maximum Gasteiger partial charge on any atom is 0.105 e. The summed E-state index contributed by atoms with van der Waals surface area (Å²) >= 11 is 0. The number of aliphatic hydroxyl groups excluding tert-OH is 3. The Bertz CT molecular complexity index is 228. The Morgan fingerprint density at radius 3 is 2.55 bits per heavy atom. The third kappa shape index (κ3) is 1.26. The minimum atomic E-state index is -1.06. The fourth-order valence-corrected chi connectivity index (χ4v) is 1.17. The molecule has 4 heteroatoms. The number of hydrogen-bond donors (Lipinski definition) is 3. The first kappa shape index (κ1) is 8.21. The van der Waals surface area contributed by atoms with Crippen LogP contribution in [0.3, 0.4) is 0 Å². The summed E-state index contributed by atoms with van der Waals surface area (Å²) in [7, 11) is 0. The molecule has 0 heterocycles. The quantitative estimate of drug-likeness (QED) is 0.450. The van der Waals surface area contributed by atoms with E-state index in [1.165, 1.54) is 0 Å². The third-order valence-corrected chi connectivity index (χ3v) is 1.83. The summed E-state index contributed by atoms with van der Waals surface area (Å²) in [6, 6.07) is 1.83. The molecule has 0 saturated carbocycles. The Morgan fingerprint density at radius 1 is 1.55 bits per heavy atom. The number of nitriles is 1. The molecule has 0 aliphatic heterocycles. The molecular formula is C7H9NO3. The summed E-state index contributed by atoms with van der Waals surface area (Å²) < 4.78 is 0. The first-order valence-electron chi connectivity index (χ1n) is 3.29. The number of hydrogen-bond acceptors (Lipinski definition) is 4. The van der Waals surface area contributed by atoms with E-state index in [-0.39, 0.29) is 18.6 Å². The third-order valence-electron chi connectivity index (χ3n) is 1.83. The van der Waals surface area contributed by atoms with Gasteiger partial charge in [-0.3, -0.25) is 0 Å². The molecule has 1 rings (SSSR count). The van der Waals surface area contributed by atoms with Gasteiger partial charge in [0.1, 0.15) is 6.10 Å². The van der Waals surface area contributed by atoms with Crippen LogP contribution in [0.15, 0.2) is 11.1 Å². The second-order valence-corrected chi connectivity index (χ2v) is 2.49. The summed E-state index contributed by atoms with van der Waals surface area (Å²) in [4.78, 5) is 0. The maximum atomic E-state index is 9.14. The Morgan fingerprint density at radius 2 is 2.18 bits per heavy atom. The van der Waals surface area contributed by atoms with Crippen LogP contribution < -0.4 is 0 Å². The number of aliphatic hydroxyl groups is 3. The Hall–Kier alpha value is -0.890. The molecule has 0 amide bonds. The van der Waals surface area contributed by atoms with Crippen LogP contribution in [0, 0.1) is 11.3 Å². The second-order valence-electron chi connectivity index (χ2n) is 2.49. The molecule has 0 aromatic rings. The molecule has 1 aliphatic carbocycles. The van der Waals surface area contributed by atoms with Gasteiger partial charge in [-0.2, -0.15) is 5.26 Å². The minimum absolute atomic E-state index is 0.146. The topological polar surface area (TPSA) is 84.5 Å². The fraction of sp³-hybridized carbons (Fsp3) is 0.571. The van der Waals surface area contributed by atoms with Gasteiger partial charge in [0.15, 0.2) is 0 Å². The van der Waals surface area contributed by atoms with Crippen LogP contribution in [0.1, 0.15) is 6.42 Å². The monoisotopic (exact) mass is 155 g/mol. The van der Waals surface area contributed by atoms with Crippen LogP contribution in [0.2, 0.25) is 0 Å². The average Bonchev–Trinajstić information content (AvgIpc) is 2.28. The van der Waals surface area contributed by atoms with Crippen LogP contribution in [-0.4, -0.2) is 34.1 Å². The molecule has 2 atom stereocenters. The van der Waals surface area contributed by atoms with Gasteiger partial charge >= 0.3 is 0 Å². The van der Waals surface area contributed by atoms with Gasteiger partial charge in [-0.1, -0.05) is 0 Å². The van der Waals surface area contributed by atoms with Crippen molar-refractivity contribution in [3.05, 3.63) is 11.1 Å². The van der Waals surface area contributed by atoms with Crippen LogP contribution >= 0.6 is 0 Å². The van der Waals surface area contributed by atoms with Crippen molar-refractivity contribution < 1.29 is 15.3 Å². The Balaban J connectivity index is 2.88. The summed E-state index contributed by atoms with van der Waals surface area (Å²) in [6.07, 6.45) is -1.84. The molecule has 0 aromatic carbocycles. The van der Waals surface area contributed by atoms with Gasteiger partial charge in [0.2, 0.25) is 0 Å². The number of rotatable bonds is 1. The van der Waals surface area contributed by atoms with Crippen LogP contribution in [-0.2, 0) is 0 Å². The maximum absolute atomic E-state index is 9.14. The summed E-state index contributed by atoms with van der Waals surface area (Å²) in [5, 5.41) is 35.3. The highest BCUT2D eigenvalue weighted by atomic mass is 16.3. The van der Waals surface area contributed by atoms with E-state index >= 15 is 0 Å². The van der Waals surface area contributed by atoms with E-state index in [1.54, 1.807) is 0 Å². The smallest absolute Gasteiger partial charge is 0.105 e. The van der Waals surface area contributed by atoms with Crippen LogP contribution in [0.5, 0.6) is 0 Å². The van der Waals surface area contributed by atoms with Crippen molar-refractivity contribution in [1.82, 2.24) is 0 Å². The summed E-state index contributed by atoms with van der Waals surface area (Å²) in [5.41, 5.74) is 0.549. The van der Waals surface area contributed by atoms with Crippen molar-refractivity contribution in [1.29, 1.82) is 5.26 Å². The van der Waals surface area contributed by atoms with Gasteiger partial charge < -0.3 is 15.3 Å². The lowest BCUT2D eigenvalue weighted by atomic mass is 10.1. The lowest BCUT2D eigenvalue weighted by molar-refractivity contribution is 0.0499. The first-order valence-corrected chi connectivity index (χ1v) is 3.29. The lowest BCUT2D eigenvalue weighted by Gasteiger charge is -2.08. The van der Waals surface area contributed by atoms with E-state index in [0.717, 1.165) is 0 Å². The molecule has 11 heavy (non-hydrogen) atoms. The van der Waals surface area contributed by atoms with E-state index < -0.39 is 12.2 Å². The van der Waals surface area contributed by atoms with Crippen molar-refractivity contribution in [2.75, 3.05) is 6.61 Å². The van der Waals surface area contributed by atoms with Crippen molar-refractivity contribution in [3.63, 3.8) is 0 Å². The molecule has 0 bridgehead atoms. The predicted octanol–water partition coefficient (Wildman–Crippen LogP) is -1.08. The standard InChI is InChI=1S/C7H9NO3/c8-2-4-1-6(10)7(11)5(4)3-9/h6-7,9-11H,1,3H2/t6-,7-/m1/s1. The van der Waals surface area contributed by atoms with Crippen molar-refractivity contribution in [3.8, 4) is 6.07 Å². The highest BCUT2D eigenvalue weighted by Crippen LogP contribution is 2.25. The summed E-state index contributed by atoms with van der Waals surface area (Å²) in [6.45, 7) is -0.360. The molecule has 0 radical (unpaired) electrons. The van der Waals surface area contributed by atoms with Crippen molar-refractivity contribution >= 4 is 0 Å². The largest absolute Gasteiger partial charge is 0.392 e. The molecule has 1 aliphatic rings. The predicted molar refractivity (Wildman–Crippen MR) is 36.4 cm³/mol. The van der Waals surface area contributed by atoms with E-state index in [2.05, 4.69) is 0 Å². The number of nitrogens with zero attached hydrogens (tertiary/aromatic N) is 1. The first-order chi connectivity index (χ1) is 5.20. The van der Waals surface area contributed by atoms with Gasteiger partial charge in [0.25, 0.3) is 0 Å². The SMILES string of the molecule is N#CC1=C(CO)[C@@H](O)[C@H](O)C1. The zero-order valence-electron chi connectivity index (χ0n) is 5.86. The zero-order valence-corrected chi connectivity index (χ0v) is 5.86. The second kappa shape index (κ2) is 3.01. The van der Waals surface area contributed by atoms with E-state index in [0.29, 0.717) is 5.57 Å². The van der Waals surface area contributed by atoms with Crippen molar-refractivity contribution in [2.45, 2.75) is 18.6 Å². The van der Waals surface area contributed by atoms with Crippen LogP contribution in [0.25, 0.3) is 0 Å². The molecule has 0 spiro atoms. The van der Waals surface area contributed by atoms with E-state index in [4.69, 9.17) is 20.6 Å². The average molecular weight is 155 g/mol. The van der Waals surface area contributed by atoms with Gasteiger partial charge in [-0.05, 0) is 5.57 Å². The Kier molecular flexibility index (Phi) is 2.25. The molecule has 60 valence electrons. The summed E-state index contributed by atoms with van der Waals surface area (Å²) in [5.74, 6) is 0. The zero-order chi connectivity index (χ0) is 8.43. The molecule has 0 saturated heterocycles. The highest BCUT2D eigenvalue weighted by molar-refractivity contribution is 5.36. The minimum Gasteiger partial charge on any atom is -0.392 e. The van der Waals surface area contributed by atoms with Crippen molar-refractivity contribution in [2.24, 2.45) is 0 Å². The van der Waals surface area contributed by atoms with E-state index in [1.807, 2.05) is 6.07 Å². The van der Waals surface area contributed by atoms with Crippen LogP contribution in [0.4, 0.5) is 0 Å². The fourth-order valence-electron chi connectivity index (χ4n) is 1.17. The van der Waals surface area contributed by atoms with Gasteiger partial charge in [0, 0.05) is 12.0 Å². The molecule has 0 fully saturated rings. The lowest BCUT2D eigenvalue weighted by Crippen LogP contribution is -2.23. The molecule has 0 aromatic heterocycles.